The van der Waals surface area contributed by atoms with Gasteiger partial charge in [-0.3, -0.25) is 0 Å². The zero-order valence-electron chi connectivity index (χ0n) is 25.9. The third-order valence-electron chi connectivity index (χ3n) is 10.9. The fraction of sp³-hybridized carbons (Fsp3) is 1.00. The minimum atomic E-state index is -2.11. The molecule has 0 aromatic heterocycles. The first-order valence-corrected chi connectivity index (χ1v) is 19.9. The zero-order chi connectivity index (χ0) is 27.1. The summed E-state index contributed by atoms with van der Waals surface area (Å²) in [5.41, 5.74) is 2.91. The van der Waals surface area contributed by atoms with Gasteiger partial charge in [0.05, 0.1) is 0 Å². The summed E-state index contributed by atoms with van der Waals surface area (Å²) >= 11 is 0. The molecule has 0 aromatic rings. The summed E-state index contributed by atoms with van der Waals surface area (Å²) in [7, 11) is 3.66. The molecule has 4 aliphatic carbocycles. The fourth-order valence-electron chi connectivity index (χ4n) is 9.55. The van der Waals surface area contributed by atoms with E-state index in [1.807, 2.05) is 28.4 Å². The second kappa shape index (κ2) is 14.8. The summed E-state index contributed by atoms with van der Waals surface area (Å²) in [5.74, 6) is 3.31. The fourth-order valence-corrected chi connectivity index (χ4v) is 19.2. The van der Waals surface area contributed by atoms with E-state index < -0.39 is 17.1 Å². The topological polar surface area (TPSA) is 36.9 Å². The molecule has 4 atom stereocenters. The SMILES string of the molecule is CO[Si](OC)(C1CC(C)CC(C)C1)C1CC(C)CC(C)C1.CO[Si](OC)(C1CCCCC1)C1CCCC1. The van der Waals surface area contributed by atoms with Crippen LogP contribution in [0.3, 0.4) is 0 Å². The Morgan fingerprint density at radius 1 is 0.378 bits per heavy atom. The lowest BCUT2D eigenvalue weighted by molar-refractivity contribution is 0.158. The largest absolute Gasteiger partial charge is 0.397 e. The summed E-state index contributed by atoms with van der Waals surface area (Å²) < 4.78 is 24.6. The molecule has 0 saturated heterocycles. The van der Waals surface area contributed by atoms with Crippen LogP contribution < -0.4 is 0 Å². The first-order chi connectivity index (χ1) is 17.7. The van der Waals surface area contributed by atoms with Gasteiger partial charge >= 0.3 is 17.1 Å². The number of hydrogen-bond acceptors (Lipinski definition) is 4. The maximum Gasteiger partial charge on any atom is 0.344 e. The van der Waals surface area contributed by atoms with Crippen LogP contribution >= 0.6 is 0 Å². The molecule has 0 heterocycles. The normalized spacial score (nSPS) is 34.7. The lowest BCUT2D eigenvalue weighted by Gasteiger charge is -2.48. The molecule has 0 aliphatic heterocycles. The van der Waals surface area contributed by atoms with Gasteiger partial charge in [-0.25, -0.2) is 0 Å². The van der Waals surface area contributed by atoms with Gasteiger partial charge in [0.1, 0.15) is 0 Å². The van der Waals surface area contributed by atoms with Crippen LogP contribution in [0.1, 0.15) is 124 Å². The van der Waals surface area contributed by atoms with Gasteiger partial charge in [-0.1, -0.05) is 59.8 Å². The van der Waals surface area contributed by atoms with Crippen molar-refractivity contribution >= 4 is 17.1 Å². The van der Waals surface area contributed by atoms with E-state index in [4.69, 9.17) is 17.7 Å². The Hall–Kier alpha value is 0.274. The van der Waals surface area contributed by atoms with E-state index in [0.717, 1.165) is 34.8 Å². The van der Waals surface area contributed by atoms with Crippen LogP contribution in [0.4, 0.5) is 0 Å². The maximum atomic E-state index is 6.28. The van der Waals surface area contributed by atoms with Crippen molar-refractivity contribution in [2.24, 2.45) is 23.7 Å². The first-order valence-electron chi connectivity index (χ1n) is 15.9. The molecule has 4 saturated carbocycles. The molecule has 218 valence electrons. The summed E-state index contributed by atoms with van der Waals surface area (Å²) in [6, 6.07) is 0. The molecular weight excluding hydrogens is 493 g/mol. The Morgan fingerprint density at radius 2 is 0.649 bits per heavy atom. The Morgan fingerprint density at radius 3 is 0.946 bits per heavy atom. The van der Waals surface area contributed by atoms with Crippen LogP contribution in [0.15, 0.2) is 0 Å². The first kappa shape index (κ1) is 31.8. The second-order valence-corrected chi connectivity index (χ2v) is 21.6. The van der Waals surface area contributed by atoms with Gasteiger partial charge in [0.2, 0.25) is 0 Å². The van der Waals surface area contributed by atoms with Gasteiger partial charge in [-0.2, -0.15) is 0 Å². The van der Waals surface area contributed by atoms with E-state index in [-0.39, 0.29) is 0 Å². The van der Waals surface area contributed by atoms with Crippen LogP contribution in [0.2, 0.25) is 22.2 Å². The molecule has 4 nitrogen and oxygen atoms in total. The maximum absolute atomic E-state index is 6.28. The molecule has 0 radical (unpaired) electrons. The van der Waals surface area contributed by atoms with Gasteiger partial charge < -0.3 is 17.7 Å². The van der Waals surface area contributed by atoms with Gasteiger partial charge in [0.15, 0.2) is 0 Å². The lowest BCUT2D eigenvalue weighted by atomic mass is 9.82. The molecule has 0 amide bonds. The summed E-state index contributed by atoms with van der Waals surface area (Å²) in [6.07, 6.45) is 20.4. The monoisotopic (exact) mass is 554 g/mol. The van der Waals surface area contributed by atoms with Crippen molar-refractivity contribution in [1.82, 2.24) is 0 Å². The van der Waals surface area contributed by atoms with Crippen molar-refractivity contribution in [3.8, 4) is 0 Å². The minimum Gasteiger partial charge on any atom is -0.397 e. The number of rotatable bonds is 8. The van der Waals surface area contributed by atoms with Gasteiger partial charge in [-0.05, 0) is 87.9 Å². The molecular formula is C31H62O4Si2. The molecule has 4 unspecified atom stereocenters. The van der Waals surface area contributed by atoms with Crippen molar-refractivity contribution in [2.45, 2.75) is 146 Å². The molecule has 6 heteroatoms. The molecule has 0 aromatic carbocycles. The van der Waals surface area contributed by atoms with E-state index in [0.29, 0.717) is 11.1 Å². The van der Waals surface area contributed by atoms with Gasteiger partial charge in [0.25, 0.3) is 0 Å². The smallest absolute Gasteiger partial charge is 0.344 e. The zero-order valence-corrected chi connectivity index (χ0v) is 27.9. The van der Waals surface area contributed by atoms with Crippen molar-refractivity contribution in [3.63, 3.8) is 0 Å². The average molecular weight is 555 g/mol. The average Bonchev–Trinajstić information content (AvgIpc) is 3.42. The Balaban J connectivity index is 0.000000213. The highest BCUT2D eigenvalue weighted by Gasteiger charge is 2.54. The lowest BCUT2D eigenvalue weighted by Crippen LogP contribution is -2.53. The second-order valence-electron chi connectivity index (χ2n) is 13.8. The molecule has 0 N–H and O–H groups in total. The van der Waals surface area contributed by atoms with E-state index >= 15 is 0 Å². The van der Waals surface area contributed by atoms with E-state index in [9.17, 15) is 0 Å². The minimum absolute atomic E-state index is 0.689. The third-order valence-corrected chi connectivity index (χ3v) is 20.1. The van der Waals surface area contributed by atoms with Crippen LogP contribution in [0, 0.1) is 23.7 Å². The van der Waals surface area contributed by atoms with Crippen LogP contribution in [0.25, 0.3) is 0 Å². The molecule has 37 heavy (non-hydrogen) atoms. The van der Waals surface area contributed by atoms with E-state index in [2.05, 4.69) is 27.7 Å². The Labute approximate surface area is 232 Å². The van der Waals surface area contributed by atoms with Crippen LogP contribution in [-0.4, -0.2) is 45.6 Å². The molecule has 4 fully saturated rings. The number of hydrogen-bond donors (Lipinski definition) is 0. The van der Waals surface area contributed by atoms with Gasteiger partial charge in [-0.15, -0.1) is 0 Å². The summed E-state index contributed by atoms with van der Waals surface area (Å²) in [5, 5.41) is 0. The predicted octanol–water partition coefficient (Wildman–Crippen LogP) is 9.37. The predicted molar refractivity (Wildman–Crippen MR) is 160 cm³/mol. The van der Waals surface area contributed by atoms with Gasteiger partial charge in [0, 0.05) is 50.6 Å². The highest BCUT2D eigenvalue weighted by Crippen LogP contribution is 2.53. The highest BCUT2D eigenvalue weighted by atomic mass is 28.4. The van der Waals surface area contributed by atoms with Crippen LogP contribution in [-0.2, 0) is 17.7 Å². The van der Waals surface area contributed by atoms with Crippen molar-refractivity contribution in [3.05, 3.63) is 0 Å². The molecule has 0 spiro atoms. The highest BCUT2D eigenvalue weighted by molar-refractivity contribution is 6.71. The third kappa shape index (κ3) is 7.52. The van der Waals surface area contributed by atoms with Crippen LogP contribution in [0.5, 0.6) is 0 Å². The van der Waals surface area contributed by atoms with Crippen molar-refractivity contribution < 1.29 is 17.7 Å². The standard InChI is InChI=1S/C18H36O2Si.C13H26O2Si/c1-13-7-14(2)10-17(9-13)21(19-5,20-6)18-11-15(3)8-16(4)12-18;1-14-16(15-2,13-10-6-7-11-13)12-8-4-3-5-9-12/h13-18H,7-12H2,1-6H3;12-13H,3-11H2,1-2H3. The summed E-state index contributed by atoms with van der Waals surface area (Å²) in [6.45, 7) is 9.66. The quantitative estimate of drug-likeness (QED) is 0.280. The Kier molecular flexibility index (Phi) is 12.7. The molecule has 4 rings (SSSR count). The Bertz CT molecular complexity index is 593. The van der Waals surface area contributed by atoms with E-state index in [1.165, 1.54) is 96.3 Å². The molecule has 0 bridgehead atoms. The van der Waals surface area contributed by atoms with E-state index in [1.54, 1.807) is 0 Å². The summed E-state index contributed by atoms with van der Waals surface area (Å²) in [4.78, 5) is 0. The van der Waals surface area contributed by atoms with Crippen molar-refractivity contribution in [2.75, 3.05) is 28.4 Å². The molecule has 4 aliphatic rings. The van der Waals surface area contributed by atoms with Crippen molar-refractivity contribution in [1.29, 1.82) is 0 Å².